The van der Waals surface area contributed by atoms with Crippen LogP contribution in [-0.4, -0.2) is 30.3 Å². The number of allylic oxidation sites excluding steroid dienone is 1. The number of carbonyl (C=O) groups is 2. The molecule has 0 spiro atoms. The van der Waals surface area contributed by atoms with Crippen molar-refractivity contribution in [1.82, 2.24) is 5.32 Å². The van der Waals surface area contributed by atoms with E-state index in [0.29, 0.717) is 19.1 Å². The van der Waals surface area contributed by atoms with Gasteiger partial charge in [0, 0.05) is 30.9 Å². The lowest BCUT2D eigenvalue weighted by atomic mass is 9.91. The second kappa shape index (κ2) is 12.0. The highest BCUT2D eigenvalue weighted by Crippen LogP contribution is 2.40. The Morgan fingerprint density at radius 1 is 0.921 bits per heavy atom. The monoisotopic (exact) mass is 593 g/mol. The topological polar surface area (TPSA) is 46.2 Å². The maximum atomic E-state index is 15.0. The maximum Gasteiger partial charge on any atom is 0.417 e. The molecular formula is C24H18Cl2F9NO2. The quantitative estimate of drug-likeness (QED) is 0.234. The molecule has 0 aliphatic heterocycles. The molecule has 2 aromatic rings. The lowest BCUT2D eigenvalue weighted by molar-refractivity contribution is -0.138. The Kier molecular flexibility index (Phi) is 9.93. The van der Waals surface area contributed by atoms with Crippen LogP contribution in [0.1, 0.15) is 52.7 Å². The summed E-state index contributed by atoms with van der Waals surface area (Å²) in [5, 5.41) is 1.40. The van der Waals surface area contributed by atoms with E-state index in [1.807, 2.05) is 0 Å². The summed E-state index contributed by atoms with van der Waals surface area (Å²) in [6.45, 7) is -1.22. The highest BCUT2D eigenvalue weighted by Gasteiger charge is 2.37. The summed E-state index contributed by atoms with van der Waals surface area (Å²) < 4.78 is 121. The molecule has 38 heavy (non-hydrogen) atoms. The minimum atomic E-state index is -5.20. The number of hydrogen-bond donors (Lipinski definition) is 1. The number of nitrogens with one attached hydrogen (secondary N) is 1. The van der Waals surface area contributed by atoms with E-state index in [4.69, 9.17) is 23.2 Å². The molecule has 2 rings (SSSR count). The zero-order valence-corrected chi connectivity index (χ0v) is 20.7. The van der Waals surface area contributed by atoms with Crippen molar-refractivity contribution in [3.8, 4) is 0 Å². The molecule has 3 nitrogen and oxygen atoms in total. The predicted octanol–water partition coefficient (Wildman–Crippen LogP) is 8.40. The predicted molar refractivity (Wildman–Crippen MR) is 123 cm³/mol. The molecule has 1 atom stereocenters. The van der Waals surface area contributed by atoms with E-state index >= 15 is 0 Å². The number of amides is 1. The van der Waals surface area contributed by atoms with Gasteiger partial charge in [-0.25, -0.2) is 13.2 Å². The van der Waals surface area contributed by atoms with Crippen molar-refractivity contribution in [2.24, 2.45) is 0 Å². The molecular weight excluding hydrogens is 576 g/mol. The average Bonchev–Trinajstić information content (AvgIpc) is 2.79. The van der Waals surface area contributed by atoms with Gasteiger partial charge in [-0.3, -0.25) is 9.59 Å². The van der Waals surface area contributed by atoms with Gasteiger partial charge in [0.25, 0.3) is 5.92 Å². The van der Waals surface area contributed by atoms with Crippen LogP contribution >= 0.6 is 23.2 Å². The fourth-order valence-corrected chi connectivity index (χ4v) is 3.61. The van der Waals surface area contributed by atoms with Gasteiger partial charge in [0.1, 0.15) is 12.4 Å². The second-order valence-corrected chi connectivity index (χ2v) is 9.01. The zero-order valence-electron chi connectivity index (χ0n) is 19.2. The van der Waals surface area contributed by atoms with E-state index in [1.165, 1.54) is 11.4 Å². The number of Topliss-reactive ketones (excluding diaryl/α,β-unsaturated/α-hetero) is 1. The Bertz CT molecular complexity index is 1220. The first-order valence-corrected chi connectivity index (χ1v) is 11.3. The number of alkyl halides is 8. The van der Waals surface area contributed by atoms with Gasteiger partial charge in [0.2, 0.25) is 5.91 Å². The van der Waals surface area contributed by atoms with Crippen LogP contribution in [0.5, 0.6) is 0 Å². The first kappa shape index (κ1) is 31.5. The highest BCUT2D eigenvalue weighted by atomic mass is 35.5. The summed E-state index contributed by atoms with van der Waals surface area (Å²) in [5.41, 5.74) is -3.53. The molecule has 1 amide bonds. The van der Waals surface area contributed by atoms with E-state index in [-0.39, 0.29) is 21.7 Å². The van der Waals surface area contributed by atoms with E-state index in [9.17, 15) is 49.1 Å². The molecule has 0 aromatic heterocycles. The molecule has 1 N–H and O–H groups in total. The molecule has 0 saturated carbocycles. The summed E-state index contributed by atoms with van der Waals surface area (Å²) in [6, 6.07) is 4.98. The summed E-state index contributed by atoms with van der Waals surface area (Å²) in [7, 11) is 0. The van der Waals surface area contributed by atoms with Crippen LogP contribution < -0.4 is 5.32 Å². The van der Waals surface area contributed by atoms with Gasteiger partial charge < -0.3 is 5.32 Å². The van der Waals surface area contributed by atoms with Crippen molar-refractivity contribution in [1.29, 1.82) is 0 Å². The zero-order chi connectivity index (χ0) is 29.1. The molecule has 0 aliphatic rings. The Labute approximate surface area is 220 Å². The van der Waals surface area contributed by atoms with E-state index in [1.54, 1.807) is 0 Å². The SMILES string of the molecule is CC(F)(F)C(/C=C(\F)c1ccc(C(=O)CCC(=O)NCC(F)(F)F)c(C(F)(F)F)c1)c1ccc(Cl)c(Cl)c1. The van der Waals surface area contributed by atoms with Crippen LogP contribution in [0.15, 0.2) is 42.5 Å². The van der Waals surface area contributed by atoms with Crippen molar-refractivity contribution >= 4 is 40.7 Å². The van der Waals surface area contributed by atoms with Crippen LogP contribution in [0.4, 0.5) is 39.5 Å². The standard InChI is InChI=1S/C24H18Cl2F9NO2/c1-22(28,29)15(12-3-5-17(25)18(26)9-12)10-19(27)13-2-4-14(16(8-13)24(33,34)35)20(37)6-7-21(38)36-11-23(30,31)32/h2-5,8-10,15H,6-7,11H2,1H3,(H,36,38)/b19-10-. The lowest BCUT2D eigenvalue weighted by Gasteiger charge is -2.22. The minimum absolute atomic E-state index is 0.0333. The molecule has 0 saturated heterocycles. The van der Waals surface area contributed by atoms with Gasteiger partial charge in [-0.1, -0.05) is 41.4 Å². The number of halogens is 11. The van der Waals surface area contributed by atoms with Crippen LogP contribution in [-0.2, 0) is 11.0 Å². The largest absolute Gasteiger partial charge is 0.417 e. The Balaban J connectivity index is 2.38. The molecule has 1 unspecified atom stereocenters. The third-order valence-electron chi connectivity index (χ3n) is 5.13. The molecule has 0 fully saturated rings. The van der Waals surface area contributed by atoms with E-state index in [2.05, 4.69) is 0 Å². The van der Waals surface area contributed by atoms with Crippen molar-refractivity contribution in [3.05, 3.63) is 74.8 Å². The Morgan fingerprint density at radius 3 is 2.08 bits per heavy atom. The number of ketones is 1. The van der Waals surface area contributed by atoms with Crippen molar-refractivity contribution in [2.75, 3.05) is 6.54 Å². The normalized spacial score (nSPS) is 13.8. The van der Waals surface area contributed by atoms with Crippen molar-refractivity contribution in [2.45, 2.75) is 44.0 Å². The van der Waals surface area contributed by atoms with Gasteiger partial charge in [0.15, 0.2) is 5.78 Å². The summed E-state index contributed by atoms with van der Waals surface area (Å²) in [4.78, 5) is 23.8. The second-order valence-electron chi connectivity index (χ2n) is 8.20. The third kappa shape index (κ3) is 8.93. The number of benzene rings is 2. The minimum Gasteiger partial charge on any atom is -0.347 e. The maximum absolute atomic E-state index is 15.0. The van der Waals surface area contributed by atoms with Crippen LogP contribution in [0.3, 0.4) is 0 Å². The van der Waals surface area contributed by atoms with Gasteiger partial charge in [-0.15, -0.1) is 0 Å². The molecule has 14 heteroatoms. The molecule has 0 heterocycles. The third-order valence-corrected chi connectivity index (χ3v) is 5.87. The van der Waals surface area contributed by atoms with E-state index in [0.717, 1.165) is 18.2 Å². The first-order chi connectivity index (χ1) is 17.3. The molecule has 208 valence electrons. The number of rotatable bonds is 9. The van der Waals surface area contributed by atoms with Gasteiger partial charge >= 0.3 is 12.4 Å². The molecule has 0 radical (unpaired) electrons. The summed E-state index contributed by atoms with van der Waals surface area (Å²) >= 11 is 11.6. The van der Waals surface area contributed by atoms with Crippen LogP contribution in [0.2, 0.25) is 10.0 Å². The Morgan fingerprint density at radius 2 is 1.55 bits per heavy atom. The number of hydrogen-bond acceptors (Lipinski definition) is 2. The van der Waals surface area contributed by atoms with Gasteiger partial charge in [-0.05, 0) is 29.8 Å². The van der Waals surface area contributed by atoms with Crippen molar-refractivity contribution in [3.63, 3.8) is 0 Å². The van der Waals surface area contributed by atoms with Gasteiger partial charge in [-0.2, -0.15) is 26.3 Å². The average molecular weight is 594 g/mol. The smallest absolute Gasteiger partial charge is 0.347 e. The van der Waals surface area contributed by atoms with Crippen LogP contribution in [0, 0.1) is 0 Å². The lowest BCUT2D eigenvalue weighted by Crippen LogP contribution is -2.33. The first-order valence-electron chi connectivity index (χ1n) is 10.6. The van der Waals surface area contributed by atoms with E-state index < -0.39 is 77.8 Å². The fourth-order valence-electron chi connectivity index (χ4n) is 3.30. The Hall–Kier alpha value is -2.73. The molecule has 0 aliphatic carbocycles. The van der Waals surface area contributed by atoms with Crippen molar-refractivity contribution < 1.29 is 49.1 Å². The fraction of sp³-hybridized carbons (Fsp3) is 0.333. The van der Waals surface area contributed by atoms with Crippen LogP contribution in [0.25, 0.3) is 5.83 Å². The summed E-state index contributed by atoms with van der Waals surface area (Å²) in [6.07, 6.45) is -11.2. The number of carbonyl (C=O) groups excluding carboxylic acids is 2. The summed E-state index contributed by atoms with van der Waals surface area (Å²) in [5.74, 6) is -9.46. The molecule has 0 bridgehead atoms. The molecule has 2 aromatic carbocycles. The van der Waals surface area contributed by atoms with Gasteiger partial charge in [0.05, 0.1) is 21.5 Å². The highest BCUT2D eigenvalue weighted by molar-refractivity contribution is 6.42.